The van der Waals surface area contributed by atoms with Gasteiger partial charge in [-0.2, -0.15) is 0 Å². The normalized spacial score (nSPS) is 19.5. The summed E-state index contributed by atoms with van der Waals surface area (Å²) in [7, 11) is 1.30. The number of methoxy groups -OCH3 is 1. The van der Waals surface area contributed by atoms with Crippen LogP contribution in [0.15, 0.2) is 24.3 Å². The van der Waals surface area contributed by atoms with E-state index in [9.17, 15) is 14.4 Å². The summed E-state index contributed by atoms with van der Waals surface area (Å²) in [5, 5.41) is 2.58. The molecule has 0 unspecified atom stereocenters. The molecule has 1 saturated carbocycles. The number of esters is 2. The maximum Gasteiger partial charge on any atom is 0.337 e. The van der Waals surface area contributed by atoms with Crippen LogP contribution < -0.4 is 5.32 Å². The van der Waals surface area contributed by atoms with Crippen LogP contribution in [-0.2, 0) is 19.1 Å². The first kappa shape index (κ1) is 15.0. The van der Waals surface area contributed by atoms with Crippen molar-refractivity contribution in [3.05, 3.63) is 29.8 Å². The highest BCUT2D eigenvalue weighted by Gasteiger charge is 2.40. The second-order valence-electron chi connectivity index (χ2n) is 5.04. The topological polar surface area (TPSA) is 81.7 Å². The van der Waals surface area contributed by atoms with Gasteiger partial charge < -0.3 is 14.8 Å². The molecule has 0 spiro atoms. The molecule has 1 aromatic carbocycles. The molecule has 0 bridgehead atoms. The van der Waals surface area contributed by atoms with Crippen molar-refractivity contribution in [3.63, 3.8) is 0 Å². The lowest BCUT2D eigenvalue weighted by atomic mass is 10.2. The zero-order valence-corrected chi connectivity index (χ0v) is 11.9. The largest absolute Gasteiger partial charge is 0.465 e. The fraction of sp³-hybridized carbons (Fsp3) is 0.400. The van der Waals surface area contributed by atoms with E-state index in [1.165, 1.54) is 7.11 Å². The van der Waals surface area contributed by atoms with Crippen LogP contribution in [0, 0.1) is 11.8 Å². The lowest BCUT2D eigenvalue weighted by Crippen LogP contribution is -2.21. The number of benzene rings is 1. The van der Waals surface area contributed by atoms with Crippen molar-refractivity contribution >= 4 is 23.5 Å². The number of nitrogens with one attached hydrogen (secondary N) is 1. The van der Waals surface area contributed by atoms with E-state index < -0.39 is 11.9 Å². The zero-order valence-electron chi connectivity index (χ0n) is 11.9. The molecule has 0 radical (unpaired) electrons. The molecule has 1 aliphatic rings. The smallest absolute Gasteiger partial charge is 0.337 e. The Kier molecular flexibility index (Phi) is 4.57. The van der Waals surface area contributed by atoms with Gasteiger partial charge in [0.25, 0.3) is 5.91 Å². The minimum Gasteiger partial charge on any atom is -0.465 e. The van der Waals surface area contributed by atoms with E-state index in [-0.39, 0.29) is 18.5 Å². The third kappa shape index (κ3) is 4.05. The Balaban J connectivity index is 1.79. The Morgan fingerprint density at radius 1 is 1.24 bits per heavy atom. The lowest BCUT2D eigenvalue weighted by molar-refractivity contribution is -0.148. The summed E-state index contributed by atoms with van der Waals surface area (Å²) in [4.78, 5) is 34.4. The highest BCUT2D eigenvalue weighted by Crippen LogP contribution is 2.38. The van der Waals surface area contributed by atoms with Crippen molar-refractivity contribution < 1.29 is 23.9 Å². The van der Waals surface area contributed by atoms with Gasteiger partial charge in [0.15, 0.2) is 6.61 Å². The maximum absolute atomic E-state index is 11.6. The predicted octanol–water partition coefficient (Wildman–Crippen LogP) is 1.61. The van der Waals surface area contributed by atoms with Crippen molar-refractivity contribution in [1.82, 2.24) is 0 Å². The zero-order chi connectivity index (χ0) is 15.4. The average molecular weight is 291 g/mol. The second-order valence-corrected chi connectivity index (χ2v) is 5.04. The molecule has 2 atom stereocenters. The number of ether oxygens (including phenoxy) is 2. The molecule has 112 valence electrons. The van der Waals surface area contributed by atoms with Gasteiger partial charge in [-0.15, -0.1) is 0 Å². The van der Waals surface area contributed by atoms with Gasteiger partial charge in [0.05, 0.1) is 18.6 Å². The Bertz CT molecular complexity index is 552. The highest BCUT2D eigenvalue weighted by atomic mass is 16.5. The second kappa shape index (κ2) is 6.39. The molecule has 0 aliphatic heterocycles. The number of carbonyl (C=O) groups is 3. The first-order valence-electron chi connectivity index (χ1n) is 6.66. The minimum absolute atomic E-state index is 0.0582. The molecule has 1 amide bonds. The van der Waals surface area contributed by atoms with Gasteiger partial charge in [0.1, 0.15) is 0 Å². The summed E-state index contributed by atoms with van der Waals surface area (Å²) in [5.41, 5.74) is 0.910. The van der Waals surface area contributed by atoms with Crippen LogP contribution in [-0.4, -0.2) is 31.6 Å². The van der Waals surface area contributed by atoms with E-state index >= 15 is 0 Å². The summed E-state index contributed by atoms with van der Waals surface area (Å²) in [6.07, 6.45) is 0.829. The van der Waals surface area contributed by atoms with Crippen LogP contribution in [0.5, 0.6) is 0 Å². The number of hydrogen-bond acceptors (Lipinski definition) is 5. The average Bonchev–Trinajstić information content (AvgIpc) is 3.22. The summed E-state index contributed by atoms with van der Waals surface area (Å²) in [5.74, 6) is -0.884. The molecule has 6 heteroatoms. The van der Waals surface area contributed by atoms with Gasteiger partial charge in [0, 0.05) is 5.69 Å². The molecule has 0 heterocycles. The number of anilines is 1. The fourth-order valence-electron chi connectivity index (χ4n) is 1.90. The SMILES string of the molecule is COC(=O)c1ccc(NC(=O)COC(=O)[C@H]2C[C@H]2C)cc1. The molecule has 1 aliphatic carbocycles. The van der Waals surface area contributed by atoms with E-state index in [4.69, 9.17) is 4.74 Å². The number of hydrogen-bond donors (Lipinski definition) is 1. The third-order valence-electron chi connectivity index (χ3n) is 3.35. The summed E-state index contributed by atoms with van der Waals surface area (Å²) in [6, 6.07) is 6.24. The van der Waals surface area contributed by atoms with Crippen LogP contribution in [0.1, 0.15) is 23.7 Å². The molecule has 21 heavy (non-hydrogen) atoms. The monoisotopic (exact) mass is 291 g/mol. The predicted molar refractivity (Wildman–Crippen MR) is 74.6 cm³/mol. The van der Waals surface area contributed by atoms with E-state index in [0.29, 0.717) is 17.2 Å². The quantitative estimate of drug-likeness (QED) is 0.833. The molecule has 0 aromatic heterocycles. The Hall–Kier alpha value is -2.37. The standard InChI is InChI=1S/C15H17NO5/c1-9-7-12(9)15(19)21-8-13(17)16-11-5-3-10(4-6-11)14(18)20-2/h3-6,9,12H,7-8H2,1-2H3,(H,16,17)/t9-,12+/m1/s1. The highest BCUT2D eigenvalue weighted by molar-refractivity contribution is 5.94. The number of rotatable bonds is 5. The van der Waals surface area contributed by atoms with Gasteiger partial charge in [-0.1, -0.05) is 6.92 Å². The Labute approximate surface area is 122 Å². The van der Waals surface area contributed by atoms with Gasteiger partial charge in [-0.3, -0.25) is 9.59 Å². The van der Waals surface area contributed by atoms with Crippen molar-refractivity contribution in [2.75, 3.05) is 19.0 Å². The van der Waals surface area contributed by atoms with Crippen molar-refractivity contribution in [2.24, 2.45) is 11.8 Å². The van der Waals surface area contributed by atoms with Gasteiger partial charge in [0.2, 0.25) is 0 Å². The number of carbonyl (C=O) groups excluding carboxylic acids is 3. The van der Waals surface area contributed by atoms with E-state index in [2.05, 4.69) is 10.1 Å². The van der Waals surface area contributed by atoms with Crippen LogP contribution in [0.25, 0.3) is 0 Å². The van der Waals surface area contributed by atoms with E-state index in [0.717, 1.165) is 6.42 Å². The van der Waals surface area contributed by atoms with E-state index in [1.54, 1.807) is 24.3 Å². The number of amides is 1. The van der Waals surface area contributed by atoms with E-state index in [1.807, 2.05) is 6.92 Å². The molecular weight excluding hydrogens is 274 g/mol. The van der Waals surface area contributed by atoms with Crippen LogP contribution >= 0.6 is 0 Å². The molecule has 1 aromatic rings. The van der Waals surface area contributed by atoms with Gasteiger partial charge >= 0.3 is 11.9 Å². The summed E-state index contributed by atoms with van der Waals surface area (Å²) >= 11 is 0. The molecule has 1 fully saturated rings. The molecule has 2 rings (SSSR count). The minimum atomic E-state index is -0.444. The van der Waals surface area contributed by atoms with Crippen molar-refractivity contribution in [3.8, 4) is 0 Å². The molecule has 1 N–H and O–H groups in total. The third-order valence-corrected chi connectivity index (χ3v) is 3.35. The van der Waals surface area contributed by atoms with Crippen molar-refractivity contribution in [2.45, 2.75) is 13.3 Å². The van der Waals surface area contributed by atoms with Gasteiger partial charge in [-0.25, -0.2) is 4.79 Å². The molecule has 6 nitrogen and oxygen atoms in total. The summed E-state index contributed by atoms with van der Waals surface area (Å²) < 4.78 is 9.50. The lowest BCUT2D eigenvalue weighted by Gasteiger charge is -2.07. The van der Waals surface area contributed by atoms with Crippen LogP contribution in [0.3, 0.4) is 0 Å². The fourth-order valence-corrected chi connectivity index (χ4v) is 1.90. The first-order valence-corrected chi connectivity index (χ1v) is 6.66. The van der Waals surface area contributed by atoms with Gasteiger partial charge in [-0.05, 0) is 36.6 Å². The molecule has 0 saturated heterocycles. The molecular formula is C15H17NO5. The first-order chi connectivity index (χ1) is 10.0. The Morgan fingerprint density at radius 3 is 2.38 bits per heavy atom. The Morgan fingerprint density at radius 2 is 1.86 bits per heavy atom. The maximum atomic E-state index is 11.6. The van der Waals surface area contributed by atoms with Crippen molar-refractivity contribution in [1.29, 1.82) is 0 Å². The summed E-state index contributed by atoms with van der Waals surface area (Å²) in [6.45, 7) is 1.66. The van der Waals surface area contributed by atoms with Crippen LogP contribution in [0.2, 0.25) is 0 Å². The van der Waals surface area contributed by atoms with Crippen LogP contribution in [0.4, 0.5) is 5.69 Å².